The van der Waals surface area contributed by atoms with E-state index in [9.17, 15) is 65.9 Å². The van der Waals surface area contributed by atoms with Crippen LogP contribution in [0.15, 0.2) is 0 Å². The Kier molecular flexibility index (Phi) is 7.62. The summed E-state index contributed by atoms with van der Waals surface area (Å²) in [6.07, 6.45) is 0. The van der Waals surface area contributed by atoms with Crippen LogP contribution >= 0.6 is 8.60 Å². The molecule has 0 atom stereocenters. The Morgan fingerprint density at radius 1 is 0.243 bits per heavy atom. The predicted octanol–water partition coefficient (Wildman–Crippen LogP) is 7.54. The largest absolute Gasteiger partial charge is 0.530 e. The van der Waals surface area contributed by atoms with Crippen LogP contribution < -0.4 is 13.6 Å². The minimum absolute atomic E-state index is 2.48. The van der Waals surface area contributed by atoms with Gasteiger partial charge in [0.2, 0.25) is 105 Å². The van der Waals surface area contributed by atoms with Gasteiger partial charge in [0, 0.05) is 0 Å². The summed E-state index contributed by atoms with van der Waals surface area (Å²) < 4.78 is 216. The highest BCUT2D eigenvalue weighted by atomic mass is 31.2. The van der Waals surface area contributed by atoms with Crippen molar-refractivity contribution in [3.8, 4) is 17.2 Å². The molecule has 3 aromatic rings. The van der Waals surface area contributed by atoms with Crippen molar-refractivity contribution in [2.24, 2.45) is 0 Å². The van der Waals surface area contributed by atoms with Crippen LogP contribution in [-0.2, 0) is 0 Å². The zero-order chi connectivity index (χ0) is 28.1. The summed E-state index contributed by atoms with van der Waals surface area (Å²) in [6.45, 7) is 0. The smallest absolute Gasteiger partial charge is 0.402 e. The molecule has 0 saturated heterocycles. The van der Waals surface area contributed by atoms with Gasteiger partial charge in [0.25, 0.3) is 0 Å². The average Bonchev–Trinajstić information content (AvgIpc) is 2.88. The molecule has 0 radical (unpaired) electrons. The summed E-state index contributed by atoms with van der Waals surface area (Å²) in [4.78, 5) is 0. The van der Waals surface area contributed by atoms with E-state index in [-0.39, 0.29) is 0 Å². The maximum Gasteiger partial charge on any atom is 0.530 e. The van der Waals surface area contributed by atoms with E-state index in [1.165, 1.54) is 0 Å². The second-order valence-electron chi connectivity index (χ2n) is 6.19. The molecule has 37 heavy (non-hydrogen) atoms. The molecule has 0 N–H and O–H groups in total. The Balaban J connectivity index is 2.22. The molecule has 0 saturated carbocycles. The highest BCUT2D eigenvalue weighted by Crippen LogP contribution is 2.48. The lowest BCUT2D eigenvalue weighted by atomic mass is 10.3. The molecule has 0 spiro atoms. The average molecular weight is 580 g/mol. The summed E-state index contributed by atoms with van der Waals surface area (Å²) in [7, 11) is -4.60. The fourth-order valence-electron chi connectivity index (χ4n) is 2.27. The number of rotatable bonds is 6. The van der Waals surface area contributed by atoms with Crippen molar-refractivity contribution < 1.29 is 79.4 Å². The van der Waals surface area contributed by atoms with E-state index in [1.54, 1.807) is 0 Å². The van der Waals surface area contributed by atoms with E-state index in [0.717, 1.165) is 0 Å². The zero-order valence-electron chi connectivity index (χ0n) is 16.3. The SMILES string of the molecule is Fc1c(F)c(F)c(OP(Oc2c(F)c(F)c(F)c(F)c2F)Oc2c(F)c(F)c(F)c(F)c2F)c(F)c1F. The van der Waals surface area contributed by atoms with Gasteiger partial charge in [-0.3, -0.25) is 0 Å². The van der Waals surface area contributed by atoms with Gasteiger partial charge in [0.05, 0.1) is 0 Å². The molecular weight excluding hydrogens is 580 g/mol. The summed E-state index contributed by atoms with van der Waals surface area (Å²) >= 11 is 0. The molecule has 0 amide bonds. The second-order valence-corrected chi connectivity index (χ2v) is 7.19. The lowest BCUT2D eigenvalue weighted by Gasteiger charge is -2.20. The third-order valence-corrected chi connectivity index (χ3v) is 5.00. The quantitative estimate of drug-likeness (QED) is 0.131. The predicted molar refractivity (Wildman–Crippen MR) is 87.5 cm³/mol. The lowest BCUT2D eigenvalue weighted by Crippen LogP contribution is -2.13. The zero-order valence-corrected chi connectivity index (χ0v) is 17.2. The second kappa shape index (κ2) is 10.1. The molecule has 0 bridgehead atoms. The first-order chi connectivity index (χ1) is 17.1. The van der Waals surface area contributed by atoms with Crippen LogP contribution in [0.25, 0.3) is 0 Å². The van der Waals surface area contributed by atoms with Gasteiger partial charge in [0.15, 0.2) is 0 Å². The van der Waals surface area contributed by atoms with Crippen molar-refractivity contribution in [1.29, 1.82) is 0 Å². The molecule has 0 aliphatic carbocycles. The molecule has 3 aromatic carbocycles. The molecule has 0 heterocycles. The van der Waals surface area contributed by atoms with E-state index >= 15 is 0 Å². The topological polar surface area (TPSA) is 27.7 Å². The van der Waals surface area contributed by atoms with Crippen molar-refractivity contribution in [2.75, 3.05) is 0 Å². The third-order valence-electron chi connectivity index (χ3n) is 4.01. The lowest BCUT2D eigenvalue weighted by molar-refractivity contribution is 0.294. The Hall–Kier alpha value is -3.56. The first-order valence-electron chi connectivity index (χ1n) is 8.49. The first-order valence-corrected chi connectivity index (χ1v) is 9.59. The van der Waals surface area contributed by atoms with Gasteiger partial charge in [-0.2, -0.15) is 26.3 Å². The van der Waals surface area contributed by atoms with Crippen LogP contribution in [0.3, 0.4) is 0 Å². The molecule has 3 rings (SSSR count). The van der Waals surface area contributed by atoms with Gasteiger partial charge < -0.3 is 13.6 Å². The molecule has 19 heteroatoms. The summed E-state index contributed by atoms with van der Waals surface area (Å²) in [6, 6.07) is 0. The van der Waals surface area contributed by atoms with Gasteiger partial charge >= 0.3 is 8.60 Å². The standard InChI is InChI=1S/C18F15O3P/c19-1-4(22)10(28)16(11(29)5(1)23)34-37(35-17-12(30)6(24)2(20)7(25)13(17)31)36-18-14(32)8(26)3(21)9(27)15(18)33. The number of benzene rings is 3. The fraction of sp³-hybridized carbons (Fsp3) is 0. The highest BCUT2D eigenvalue weighted by molar-refractivity contribution is 7.43. The van der Waals surface area contributed by atoms with E-state index in [1.807, 2.05) is 0 Å². The van der Waals surface area contributed by atoms with Crippen molar-refractivity contribution in [3.05, 3.63) is 87.3 Å². The van der Waals surface area contributed by atoms with Crippen molar-refractivity contribution in [1.82, 2.24) is 0 Å². The number of halogens is 15. The first kappa shape index (κ1) is 28.0. The van der Waals surface area contributed by atoms with Crippen LogP contribution in [0.1, 0.15) is 0 Å². The van der Waals surface area contributed by atoms with Crippen LogP contribution in [0, 0.1) is 87.3 Å². The molecule has 0 aliphatic heterocycles. The Morgan fingerprint density at radius 3 is 0.541 bits per heavy atom. The molecule has 0 aromatic heterocycles. The van der Waals surface area contributed by atoms with E-state index in [0.29, 0.717) is 0 Å². The van der Waals surface area contributed by atoms with Crippen LogP contribution in [0.2, 0.25) is 0 Å². The third kappa shape index (κ3) is 4.65. The molecular formula is C18F15O3P. The summed E-state index contributed by atoms with van der Waals surface area (Å²) in [5.74, 6) is -49.7. The normalized spacial score (nSPS) is 11.4. The van der Waals surface area contributed by atoms with Crippen molar-refractivity contribution in [3.63, 3.8) is 0 Å². The Morgan fingerprint density at radius 2 is 0.378 bits per heavy atom. The van der Waals surface area contributed by atoms with Gasteiger partial charge in [-0.15, -0.1) is 0 Å². The highest BCUT2D eigenvalue weighted by Gasteiger charge is 2.37. The van der Waals surface area contributed by atoms with E-state index < -0.39 is 113 Å². The molecule has 0 fully saturated rings. The molecule has 0 aliphatic rings. The molecule has 0 unspecified atom stereocenters. The van der Waals surface area contributed by atoms with Crippen molar-refractivity contribution in [2.45, 2.75) is 0 Å². The Bertz CT molecular complexity index is 1170. The van der Waals surface area contributed by atoms with E-state index in [4.69, 9.17) is 0 Å². The van der Waals surface area contributed by atoms with Crippen LogP contribution in [0.5, 0.6) is 17.2 Å². The minimum atomic E-state index is -4.60. The Labute approximate surface area is 193 Å². The van der Waals surface area contributed by atoms with Gasteiger partial charge in [0.1, 0.15) is 0 Å². The van der Waals surface area contributed by atoms with E-state index in [2.05, 4.69) is 13.6 Å². The minimum Gasteiger partial charge on any atom is -0.402 e. The monoisotopic (exact) mass is 580 g/mol. The van der Waals surface area contributed by atoms with Crippen molar-refractivity contribution >= 4 is 8.60 Å². The van der Waals surface area contributed by atoms with Crippen LogP contribution in [-0.4, -0.2) is 0 Å². The molecule has 200 valence electrons. The van der Waals surface area contributed by atoms with Gasteiger partial charge in [-0.05, 0) is 0 Å². The maximum atomic E-state index is 13.9. The van der Waals surface area contributed by atoms with Gasteiger partial charge in [-0.25, -0.2) is 39.5 Å². The van der Waals surface area contributed by atoms with Crippen LogP contribution in [0.4, 0.5) is 65.9 Å². The number of hydrogen-bond acceptors (Lipinski definition) is 3. The molecule has 3 nitrogen and oxygen atoms in total. The number of hydrogen-bond donors (Lipinski definition) is 0. The summed E-state index contributed by atoms with van der Waals surface area (Å²) in [5.41, 5.74) is 0. The van der Waals surface area contributed by atoms with Gasteiger partial charge in [-0.1, -0.05) is 0 Å². The fourth-order valence-corrected chi connectivity index (χ4v) is 3.31. The summed E-state index contributed by atoms with van der Waals surface area (Å²) in [5, 5.41) is 0. The maximum absolute atomic E-state index is 13.9.